The lowest BCUT2D eigenvalue weighted by molar-refractivity contribution is -0.185. The first-order valence-electron chi connectivity index (χ1n) is 11.5. The Labute approximate surface area is 199 Å². The maximum Gasteiger partial charge on any atom is 0.471 e. The molecule has 2 aliphatic rings. The number of halogens is 3. The molecule has 186 valence electrons. The van der Waals surface area contributed by atoms with E-state index in [4.69, 9.17) is 4.74 Å². The molecule has 1 atom stereocenters. The molecule has 11 heteroatoms. The molecule has 1 amide bonds. The van der Waals surface area contributed by atoms with Gasteiger partial charge in [-0.3, -0.25) is 4.79 Å². The number of ether oxygens (including phenoxy) is 1. The summed E-state index contributed by atoms with van der Waals surface area (Å²) in [7, 11) is 1.69. The number of aromatic nitrogens is 3. The zero-order chi connectivity index (χ0) is 24.7. The summed E-state index contributed by atoms with van der Waals surface area (Å²) in [5.74, 6) is -1.14. The molecule has 3 aromatic rings. The van der Waals surface area contributed by atoms with Crippen molar-refractivity contribution in [2.75, 3.05) is 38.2 Å². The maximum atomic E-state index is 12.8. The number of nitrogens with zero attached hydrogens (tertiary/aromatic N) is 5. The maximum absolute atomic E-state index is 12.8. The van der Waals surface area contributed by atoms with Gasteiger partial charge in [0.15, 0.2) is 0 Å². The Bertz CT molecular complexity index is 1260. The Hall–Kier alpha value is -3.34. The molecule has 0 saturated carbocycles. The number of aromatic hydroxyl groups is 1. The predicted molar refractivity (Wildman–Crippen MR) is 122 cm³/mol. The Kier molecular flexibility index (Phi) is 6.04. The van der Waals surface area contributed by atoms with Crippen LogP contribution in [-0.4, -0.2) is 76.0 Å². The van der Waals surface area contributed by atoms with Crippen LogP contribution >= 0.6 is 0 Å². The summed E-state index contributed by atoms with van der Waals surface area (Å²) < 4.78 is 45.6. The molecular weight excluding hydrogens is 463 g/mol. The van der Waals surface area contributed by atoms with Gasteiger partial charge in [-0.2, -0.15) is 13.2 Å². The number of fused-ring (bicyclic) bond motifs is 2. The van der Waals surface area contributed by atoms with Gasteiger partial charge in [0.25, 0.3) is 0 Å². The summed E-state index contributed by atoms with van der Waals surface area (Å²) >= 11 is 0. The average molecular weight is 489 g/mol. The van der Waals surface area contributed by atoms with Crippen LogP contribution in [0.25, 0.3) is 10.9 Å². The number of hydrogen-bond acceptors (Lipinski definition) is 6. The number of alkyl halides is 3. The summed E-state index contributed by atoms with van der Waals surface area (Å²) in [5.41, 5.74) is 3.37. The lowest BCUT2D eigenvalue weighted by atomic mass is 10.00. The standard InChI is InChI=1S/C24H26F3N5O3/c1-35-18-6-9-31(13-18)23-28-11-19-20(29-23)14-32(21(19)33)12-15-2-3-16-4-7-30(8-5-17(16)10-15)22(34)24(25,26)27/h2-3,10-11,14,18,33H,4-9,12-13H2,1H3. The van der Waals surface area contributed by atoms with Gasteiger partial charge in [-0.05, 0) is 36.0 Å². The molecular formula is C24H26F3N5O3. The number of hydrogen-bond donors (Lipinski definition) is 1. The molecule has 1 N–H and O–H groups in total. The SMILES string of the molecule is COC1CCN(c2ncc3c(O)n(Cc4ccc5c(c4)CCN(C(=O)C(F)(F)F)CC5)cc3n2)C1. The molecule has 0 radical (unpaired) electrons. The highest BCUT2D eigenvalue weighted by Gasteiger charge is 2.42. The van der Waals surface area contributed by atoms with Crippen LogP contribution in [0, 0.1) is 0 Å². The van der Waals surface area contributed by atoms with E-state index in [1.54, 1.807) is 24.1 Å². The number of methoxy groups -OCH3 is 1. The molecule has 0 spiro atoms. The quantitative estimate of drug-likeness (QED) is 0.607. The fourth-order valence-corrected chi connectivity index (χ4v) is 4.85. The molecule has 2 aromatic heterocycles. The first-order chi connectivity index (χ1) is 16.7. The Morgan fingerprint density at radius 3 is 2.69 bits per heavy atom. The van der Waals surface area contributed by atoms with Crippen LogP contribution < -0.4 is 4.90 Å². The predicted octanol–water partition coefficient (Wildman–Crippen LogP) is 2.90. The van der Waals surface area contributed by atoms with E-state index in [1.807, 2.05) is 18.2 Å². The third kappa shape index (κ3) is 4.64. The number of carbonyl (C=O) groups is 1. The van der Waals surface area contributed by atoms with E-state index < -0.39 is 12.1 Å². The highest BCUT2D eigenvalue weighted by Crippen LogP contribution is 2.29. The molecule has 1 fully saturated rings. The van der Waals surface area contributed by atoms with Crippen LogP contribution in [0.5, 0.6) is 5.88 Å². The fourth-order valence-electron chi connectivity index (χ4n) is 4.85. The van der Waals surface area contributed by atoms with Crippen molar-refractivity contribution in [1.29, 1.82) is 0 Å². The van der Waals surface area contributed by atoms with Crippen molar-refractivity contribution in [2.24, 2.45) is 0 Å². The highest BCUT2D eigenvalue weighted by atomic mass is 19.4. The number of carbonyl (C=O) groups excluding carboxylic acids is 1. The second kappa shape index (κ2) is 9.03. The minimum absolute atomic E-state index is 0.0201. The van der Waals surface area contributed by atoms with E-state index >= 15 is 0 Å². The van der Waals surface area contributed by atoms with Crippen LogP contribution in [0.3, 0.4) is 0 Å². The smallest absolute Gasteiger partial charge is 0.471 e. The molecule has 8 nitrogen and oxygen atoms in total. The van der Waals surface area contributed by atoms with Crippen molar-refractivity contribution >= 4 is 22.8 Å². The van der Waals surface area contributed by atoms with Crippen LogP contribution in [0.1, 0.15) is 23.1 Å². The van der Waals surface area contributed by atoms with Gasteiger partial charge in [0.05, 0.1) is 23.6 Å². The molecule has 1 aromatic carbocycles. The molecule has 5 rings (SSSR count). The van der Waals surface area contributed by atoms with Gasteiger partial charge in [-0.25, -0.2) is 9.97 Å². The van der Waals surface area contributed by atoms with Crippen LogP contribution in [-0.2, 0) is 28.9 Å². The van der Waals surface area contributed by atoms with E-state index in [0.717, 1.165) is 41.1 Å². The lowest BCUT2D eigenvalue weighted by Crippen LogP contribution is -2.42. The van der Waals surface area contributed by atoms with Crippen molar-refractivity contribution in [3.05, 3.63) is 47.3 Å². The Balaban J connectivity index is 1.33. The minimum atomic E-state index is -4.86. The first-order valence-corrected chi connectivity index (χ1v) is 11.5. The largest absolute Gasteiger partial charge is 0.494 e. The topological polar surface area (TPSA) is 83.7 Å². The normalized spacial score (nSPS) is 18.7. The summed E-state index contributed by atoms with van der Waals surface area (Å²) in [4.78, 5) is 23.6. The van der Waals surface area contributed by atoms with E-state index in [1.165, 1.54) is 0 Å². The third-order valence-corrected chi connectivity index (χ3v) is 6.81. The third-order valence-electron chi connectivity index (χ3n) is 6.81. The van der Waals surface area contributed by atoms with E-state index in [-0.39, 0.29) is 25.1 Å². The summed E-state index contributed by atoms with van der Waals surface area (Å²) in [5, 5.41) is 11.3. The van der Waals surface area contributed by atoms with Gasteiger partial charge in [-0.15, -0.1) is 0 Å². The van der Waals surface area contributed by atoms with Gasteiger partial charge in [0.2, 0.25) is 11.8 Å². The number of amides is 1. The number of benzene rings is 1. The first kappa shape index (κ1) is 23.4. The van der Waals surface area contributed by atoms with Crippen LogP contribution in [0.15, 0.2) is 30.6 Å². The molecule has 35 heavy (non-hydrogen) atoms. The molecule has 1 unspecified atom stereocenters. The molecule has 4 heterocycles. The van der Waals surface area contributed by atoms with Crippen LogP contribution in [0.2, 0.25) is 0 Å². The molecule has 0 bridgehead atoms. The Morgan fingerprint density at radius 1 is 1.20 bits per heavy atom. The Morgan fingerprint density at radius 2 is 1.97 bits per heavy atom. The van der Waals surface area contributed by atoms with Gasteiger partial charge < -0.3 is 24.2 Å². The summed E-state index contributed by atoms with van der Waals surface area (Å²) in [6.07, 6.45) is 0.303. The fraction of sp³-hybridized carbons (Fsp3) is 0.458. The highest BCUT2D eigenvalue weighted by molar-refractivity contribution is 5.84. The van der Waals surface area contributed by atoms with Gasteiger partial charge in [0.1, 0.15) is 0 Å². The van der Waals surface area contributed by atoms with Gasteiger partial charge >= 0.3 is 12.1 Å². The average Bonchev–Trinajstić information content (AvgIpc) is 3.36. The van der Waals surface area contributed by atoms with Crippen molar-refractivity contribution in [2.45, 2.75) is 38.1 Å². The second-order valence-electron chi connectivity index (χ2n) is 9.03. The molecule has 0 aliphatic carbocycles. The molecule has 1 saturated heterocycles. The van der Waals surface area contributed by atoms with E-state index in [0.29, 0.717) is 36.2 Å². The summed E-state index contributed by atoms with van der Waals surface area (Å²) in [6.45, 7) is 1.95. The minimum Gasteiger partial charge on any atom is -0.494 e. The monoisotopic (exact) mass is 489 g/mol. The van der Waals surface area contributed by atoms with Crippen LogP contribution in [0.4, 0.5) is 19.1 Å². The van der Waals surface area contributed by atoms with Gasteiger partial charge in [-0.1, -0.05) is 18.2 Å². The summed E-state index contributed by atoms with van der Waals surface area (Å²) in [6, 6.07) is 5.73. The van der Waals surface area contributed by atoms with E-state index in [9.17, 15) is 23.1 Å². The van der Waals surface area contributed by atoms with E-state index in [2.05, 4.69) is 14.9 Å². The van der Waals surface area contributed by atoms with Crippen molar-refractivity contribution in [1.82, 2.24) is 19.4 Å². The van der Waals surface area contributed by atoms with Gasteiger partial charge in [0, 0.05) is 45.7 Å². The second-order valence-corrected chi connectivity index (χ2v) is 9.03. The van der Waals surface area contributed by atoms with Crippen molar-refractivity contribution in [3.63, 3.8) is 0 Å². The number of rotatable bonds is 4. The lowest BCUT2D eigenvalue weighted by Gasteiger charge is -2.21. The number of anilines is 1. The van der Waals surface area contributed by atoms with Crippen molar-refractivity contribution in [3.8, 4) is 5.88 Å². The zero-order valence-corrected chi connectivity index (χ0v) is 19.3. The zero-order valence-electron chi connectivity index (χ0n) is 19.3. The molecule has 2 aliphatic heterocycles. The van der Waals surface area contributed by atoms with Crippen molar-refractivity contribution < 1.29 is 27.8 Å².